The zero-order valence-corrected chi connectivity index (χ0v) is 17.0. The maximum absolute atomic E-state index is 12.3. The summed E-state index contributed by atoms with van der Waals surface area (Å²) in [6, 6.07) is 13.9. The lowest BCUT2D eigenvalue weighted by molar-refractivity contribution is -0.133. The van der Waals surface area contributed by atoms with E-state index in [4.69, 9.17) is 0 Å². The quantitative estimate of drug-likeness (QED) is 0.791. The van der Waals surface area contributed by atoms with E-state index in [-0.39, 0.29) is 34.8 Å². The maximum atomic E-state index is 12.3. The molecule has 1 saturated carbocycles. The minimum Gasteiger partial charge on any atom is -0.338 e. The van der Waals surface area contributed by atoms with Crippen molar-refractivity contribution in [3.63, 3.8) is 0 Å². The summed E-state index contributed by atoms with van der Waals surface area (Å²) >= 11 is 0. The Morgan fingerprint density at radius 1 is 1.03 bits per heavy atom. The molecule has 7 heteroatoms. The van der Waals surface area contributed by atoms with Crippen LogP contribution in [0, 0.1) is 5.92 Å². The number of carbonyl (C=O) groups is 2. The van der Waals surface area contributed by atoms with Crippen molar-refractivity contribution in [2.75, 3.05) is 17.6 Å². The lowest BCUT2D eigenvalue weighted by Gasteiger charge is -2.29. The number of hydrogen-bond donors (Lipinski definition) is 1. The van der Waals surface area contributed by atoms with Crippen LogP contribution in [0.15, 0.2) is 53.4 Å². The van der Waals surface area contributed by atoms with Crippen LogP contribution in [0.2, 0.25) is 0 Å². The first-order valence-corrected chi connectivity index (χ1v) is 11.6. The number of fused-ring (bicyclic) bond motifs is 1. The minimum atomic E-state index is -3.49. The topological polar surface area (TPSA) is 83.6 Å². The van der Waals surface area contributed by atoms with Crippen molar-refractivity contribution >= 4 is 27.3 Å². The van der Waals surface area contributed by atoms with Crippen LogP contribution in [0.4, 0.5) is 5.69 Å². The second-order valence-corrected chi connectivity index (χ2v) is 9.81. The molecule has 2 aromatic rings. The number of benzene rings is 2. The Balaban J connectivity index is 1.37. The first kappa shape index (κ1) is 19.6. The van der Waals surface area contributed by atoms with E-state index >= 15 is 0 Å². The molecule has 0 atom stereocenters. The van der Waals surface area contributed by atoms with E-state index in [9.17, 15) is 18.0 Å². The van der Waals surface area contributed by atoms with Gasteiger partial charge < -0.3 is 10.2 Å². The number of nitrogens with zero attached hydrogens (tertiary/aromatic N) is 1. The molecular weight excluding hydrogens is 388 g/mol. The number of rotatable bonds is 6. The average molecular weight is 413 g/mol. The third kappa shape index (κ3) is 4.67. The first-order valence-electron chi connectivity index (χ1n) is 9.90. The second-order valence-electron chi connectivity index (χ2n) is 7.70. The minimum absolute atomic E-state index is 0.111. The van der Waals surface area contributed by atoms with Crippen molar-refractivity contribution in [2.45, 2.75) is 37.1 Å². The van der Waals surface area contributed by atoms with E-state index in [0.717, 1.165) is 31.4 Å². The van der Waals surface area contributed by atoms with Crippen LogP contribution in [-0.4, -0.2) is 37.4 Å². The van der Waals surface area contributed by atoms with Crippen molar-refractivity contribution in [1.29, 1.82) is 0 Å². The third-order valence-corrected chi connectivity index (χ3v) is 7.17. The van der Waals surface area contributed by atoms with Gasteiger partial charge >= 0.3 is 0 Å². The van der Waals surface area contributed by atoms with Gasteiger partial charge in [-0.15, -0.1) is 0 Å². The van der Waals surface area contributed by atoms with E-state index in [1.807, 2.05) is 23.1 Å². The van der Waals surface area contributed by atoms with Gasteiger partial charge in [0.25, 0.3) is 0 Å². The maximum Gasteiger partial charge on any atom is 0.225 e. The fraction of sp³-hybridized carbons (Fsp3) is 0.364. The van der Waals surface area contributed by atoms with E-state index < -0.39 is 9.84 Å². The molecule has 0 saturated heterocycles. The predicted octanol–water partition coefficient (Wildman–Crippen LogP) is 2.78. The Labute approximate surface area is 170 Å². The Hall–Kier alpha value is -2.67. The van der Waals surface area contributed by atoms with E-state index in [1.54, 1.807) is 18.2 Å². The molecule has 0 bridgehead atoms. The molecule has 1 aliphatic carbocycles. The van der Waals surface area contributed by atoms with Gasteiger partial charge in [-0.1, -0.05) is 24.3 Å². The van der Waals surface area contributed by atoms with Gasteiger partial charge in [-0.3, -0.25) is 9.59 Å². The Kier molecular flexibility index (Phi) is 5.41. The highest BCUT2D eigenvalue weighted by Crippen LogP contribution is 2.33. The molecule has 2 aliphatic rings. The summed E-state index contributed by atoms with van der Waals surface area (Å²) in [5.74, 6) is -0.148. The molecular formula is C22H24N2O4S. The van der Waals surface area contributed by atoms with Gasteiger partial charge in [0.2, 0.25) is 11.8 Å². The number of sulfone groups is 1. The van der Waals surface area contributed by atoms with Crippen LogP contribution >= 0.6 is 0 Å². The van der Waals surface area contributed by atoms with Crippen LogP contribution in [0.3, 0.4) is 0 Å². The molecule has 6 nitrogen and oxygen atoms in total. The number of carbonyl (C=O) groups excluding carboxylic acids is 2. The molecule has 1 aliphatic heterocycles. The number of hydrogen-bond acceptors (Lipinski definition) is 4. The number of nitrogens with one attached hydrogen (secondary N) is 1. The van der Waals surface area contributed by atoms with Crippen molar-refractivity contribution in [1.82, 2.24) is 4.90 Å². The van der Waals surface area contributed by atoms with Crippen molar-refractivity contribution in [3.05, 3.63) is 59.7 Å². The van der Waals surface area contributed by atoms with E-state index in [1.165, 1.54) is 17.7 Å². The van der Waals surface area contributed by atoms with Crippen LogP contribution in [0.5, 0.6) is 0 Å². The fourth-order valence-corrected chi connectivity index (χ4v) is 4.87. The molecule has 4 rings (SSSR count). The second kappa shape index (κ2) is 7.99. The SMILES string of the molecule is O=C(CCS(=O)(=O)c1ccccc1)Nc1ccc2c(c1)CN(C(=O)C1CC1)CC2. The zero-order valence-electron chi connectivity index (χ0n) is 16.1. The van der Waals surface area contributed by atoms with Gasteiger partial charge in [0, 0.05) is 31.1 Å². The van der Waals surface area contributed by atoms with Crippen LogP contribution in [-0.2, 0) is 32.4 Å². The molecule has 2 aromatic carbocycles. The molecule has 0 spiro atoms. The molecule has 0 aromatic heterocycles. The summed E-state index contributed by atoms with van der Waals surface area (Å²) in [4.78, 5) is 26.7. The highest BCUT2D eigenvalue weighted by atomic mass is 32.2. The smallest absolute Gasteiger partial charge is 0.225 e. The highest BCUT2D eigenvalue weighted by Gasteiger charge is 2.34. The molecule has 152 valence electrons. The molecule has 29 heavy (non-hydrogen) atoms. The van der Waals surface area contributed by atoms with Crippen LogP contribution in [0.1, 0.15) is 30.4 Å². The van der Waals surface area contributed by atoms with Crippen LogP contribution in [0.25, 0.3) is 0 Å². The highest BCUT2D eigenvalue weighted by molar-refractivity contribution is 7.91. The third-order valence-electron chi connectivity index (χ3n) is 5.44. The van der Waals surface area contributed by atoms with Crippen LogP contribution < -0.4 is 5.32 Å². The van der Waals surface area contributed by atoms with E-state index in [2.05, 4.69) is 5.32 Å². The Bertz CT molecular complexity index is 1030. The van der Waals surface area contributed by atoms with Gasteiger partial charge in [0.1, 0.15) is 0 Å². The normalized spacial score (nSPS) is 16.2. The summed E-state index contributed by atoms with van der Waals surface area (Å²) < 4.78 is 24.6. The van der Waals surface area contributed by atoms with Gasteiger partial charge in [-0.25, -0.2) is 8.42 Å². The summed E-state index contributed by atoms with van der Waals surface area (Å²) in [5.41, 5.74) is 2.86. The lowest BCUT2D eigenvalue weighted by atomic mass is 9.98. The van der Waals surface area contributed by atoms with Gasteiger partial charge in [0.05, 0.1) is 10.6 Å². The molecule has 2 amide bonds. The summed E-state index contributed by atoms with van der Waals surface area (Å²) in [7, 11) is -3.49. The van der Waals surface area contributed by atoms with E-state index in [0.29, 0.717) is 12.2 Å². The van der Waals surface area contributed by atoms with Crippen molar-refractivity contribution < 1.29 is 18.0 Å². The zero-order chi connectivity index (χ0) is 20.4. The lowest BCUT2D eigenvalue weighted by Crippen LogP contribution is -2.36. The summed E-state index contributed by atoms with van der Waals surface area (Å²) in [6.07, 6.45) is 2.69. The van der Waals surface area contributed by atoms with Gasteiger partial charge in [-0.2, -0.15) is 0 Å². The molecule has 0 unspecified atom stereocenters. The van der Waals surface area contributed by atoms with Crippen molar-refractivity contribution in [2.24, 2.45) is 5.92 Å². The van der Waals surface area contributed by atoms with Gasteiger partial charge in [-0.05, 0) is 54.7 Å². The fourth-order valence-electron chi connectivity index (χ4n) is 3.61. The summed E-state index contributed by atoms with van der Waals surface area (Å²) in [5, 5.41) is 2.79. The molecule has 1 heterocycles. The molecule has 1 fully saturated rings. The molecule has 0 radical (unpaired) electrons. The summed E-state index contributed by atoms with van der Waals surface area (Å²) in [6.45, 7) is 1.31. The average Bonchev–Trinajstić information content (AvgIpc) is 3.57. The van der Waals surface area contributed by atoms with Crippen molar-refractivity contribution in [3.8, 4) is 0 Å². The largest absolute Gasteiger partial charge is 0.338 e. The van der Waals surface area contributed by atoms with Gasteiger partial charge in [0.15, 0.2) is 9.84 Å². The first-order chi connectivity index (χ1) is 13.9. The number of anilines is 1. The molecule has 1 N–H and O–H groups in total. The predicted molar refractivity (Wildman–Crippen MR) is 110 cm³/mol. The Morgan fingerprint density at radius 3 is 2.52 bits per heavy atom. The number of amides is 2. The Morgan fingerprint density at radius 2 is 1.79 bits per heavy atom. The standard InChI is InChI=1S/C22H24N2O4S/c25-21(11-13-29(27,28)20-4-2-1-3-5-20)23-19-9-8-16-10-12-24(15-18(16)14-19)22(26)17-6-7-17/h1-5,8-9,14,17H,6-7,10-13,15H2,(H,23,25). The monoisotopic (exact) mass is 412 g/mol.